The van der Waals surface area contributed by atoms with Crippen LogP contribution in [0.2, 0.25) is 0 Å². The van der Waals surface area contributed by atoms with E-state index in [1.165, 1.54) is 19.3 Å². The summed E-state index contributed by atoms with van der Waals surface area (Å²) in [5.41, 5.74) is 0.435. The van der Waals surface area contributed by atoms with Gasteiger partial charge in [0.05, 0.1) is 0 Å². The molecule has 1 saturated heterocycles. The average Bonchev–Trinajstić information content (AvgIpc) is 2.55. The molecule has 2 N–H and O–H groups in total. The lowest BCUT2D eigenvalue weighted by Crippen LogP contribution is -2.38. The van der Waals surface area contributed by atoms with Crippen molar-refractivity contribution >= 4 is 29.9 Å². The Bertz CT molecular complexity index is 340. The highest BCUT2D eigenvalue weighted by Gasteiger charge is 2.13. The second-order valence-corrected chi connectivity index (χ2v) is 7.93. The summed E-state index contributed by atoms with van der Waals surface area (Å²) < 4.78 is 11.1. The topological polar surface area (TPSA) is 54.9 Å². The highest BCUT2D eigenvalue weighted by atomic mass is 127. The minimum absolute atomic E-state index is 0. The van der Waals surface area contributed by atoms with Gasteiger partial charge in [-0.1, -0.05) is 27.2 Å². The van der Waals surface area contributed by atoms with Crippen LogP contribution in [0.15, 0.2) is 4.99 Å². The first kappa shape index (κ1) is 24.9. The molecule has 6 heteroatoms. The summed E-state index contributed by atoms with van der Waals surface area (Å²) in [6.45, 7) is 12.3. The number of ether oxygens (including phenoxy) is 2. The van der Waals surface area contributed by atoms with Crippen LogP contribution in [-0.4, -0.2) is 52.5 Å². The number of nitrogens with one attached hydrogen (secondary N) is 2. The summed E-state index contributed by atoms with van der Waals surface area (Å²) in [4.78, 5) is 4.27. The molecule has 0 amide bonds. The van der Waals surface area contributed by atoms with E-state index in [-0.39, 0.29) is 24.0 Å². The molecule has 1 heterocycles. The Morgan fingerprint density at radius 3 is 2.32 bits per heavy atom. The Hall–Kier alpha value is -0.0800. The third kappa shape index (κ3) is 14.7. The van der Waals surface area contributed by atoms with Gasteiger partial charge in [0, 0.05) is 46.6 Å². The van der Waals surface area contributed by atoms with Gasteiger partial charge in [0.2, 0.25) is 0 Å². The van der Waals surface area contributed by atoms with Gasteiger partial charge in [-0.2, -0.15) is 0 Å². The van der Waals surface area contributed by atoms with E-state index in [1.807, 2.05) is 7.05 Å². The van der Waals surface area contributed by atoms with Gasteiger partial charge in [-0.3, -0.25) is 4.99 Å². The fourth-order valence-corrected chi connectivity index (χ4v) is 2.75. The zero-order valence-electron chi connectivity index (χ0n) is 16.7. The number of halogens is 1. The van der Waals surface area contributed by atoms with Crippen LogP contribution >= 0.6 is 24.0 Å². The van der Waals surface area contributed by atoms with E-state index in [1.54, 1.807) is 0 Å². The highest BCUT2D eigenvalue weighted by Crippen LogP contribution is 2.21. The van der Waals surface area contributed by atoms with Gasteiger partial charge in [0.1, 0.15) is 0 Å². The van der Waals surface area contributed by atoms with Crippen molar-refractivity contribution in [2.75, 3.05) is 46.6 Å². The Morgan fingerprint density at radius 1 is 1.08 bits per heavy atom. The summed E-state index contributed by atoms with van der Waals surface area (Å²) in [5.74, 6) is 1.59. The second kappa shape index (κ2) is 15.0. The summed E-state index contributed by atoms with van der Waals surface area (Å²) >= 11 is 0. The number of guanidine groups is 1. The van der Waals surface area contributed by atoms with E-state index in [2.05, 4.69) is 36.4 Å². The lowest BCUT2D eigenvalue weighted by atomic mass is 9.90. The Balaban J connectivity index is 0.00000576. The fourth-order valence-electron chi connectivity index (χ4n) is 2.75. The first-order valence-electron chi connectivity index (χ1n) is 9.61. The van der Waals surface area contributed by atoms with Crippen molar-refractivity contribution < 1.29 is 9.47 Å². The van der Waals surface area contributed by atoms with Gasteiger partial charge >= 0.3 is 0 Å². The smallest absolute Gasteiger partial charge is 0.190 e. The van der Waals surface area contributed by atoms with Gasteiger partial charge in [-0.25, -0.2) is 0 Å². The van der Waals surface area contributed by atoms with Gasteiger partial charge in [0.25, 0.3) is 0 Å². The van der Waals surface area contributed by atoms with E-state index in [9.17, 15) is 0 Å². The second-order valence-electron chi connectivity index (χ2n) is 7.93. The molecule has 0 atom stereocenters. The van der Waals surface area contributed by atoms with Crippen molar-refractivity contribution in [3.8, 4) is 0 Å². The van der Waals surface area contributed by atoms with Crippen molar-refractivity contribution in [2.24, 2.45) is 16.3 Å². The summed E-state index contributed by atoms with van der Waals surface area (Å²) in [6.07, 6.45) is 7.01. The SMILES string of the molecule is CN=C(NCCCCC(C)(C)C)NCCCOCC1CCOCC1.I. The molecular formula is C19H40IN3O2. The minimum atomic E-state index is 0. The lowest BCUT2D eigenvalue weighted by molar-refractivity contribution is 0.0203. The van der Waals surface area contributed by atoms with E-state index in [4.69, 9.17) is 9.47 Å². The molecule has 1 fully saturated rings. The maximum atomic E-state index is 5.78. The third-order valence-corrected chi connectivity index (χ3v) is 4.32. The maximum absolute atomic E-state index is 5.78. The molecule has 0 aromatic rings. The molecule has 0 aliphatic carbocycles. The number of unbranched alkanes of at least 4 members (excludes halogenated alkanes) is 1. The number of hydrogen-bond donors (Lipinski definition) is 2. The zero-order valence-corrected chi connectivity index (χ0v) is 19.1. The van der Waals surface area contributed by atoms with Crippen LogP contribution in [0.25, 0.3) is 0 Å². The van der Waals surface area contributed by atoms with Crippen molar-refractivity contribution in [3.63, 3.8) is 0 Å². The van der Waals surface area contributed by atoms with Crippen molar-refractivity contribution in [1.82, 2.24) is 10.6 Å². The first-order chi connectivity index (χ1) is 11.5. The molecule has 0 aromatic heterocycles. The molecule has 25 heavy (non-hydrogen) atoms. The van der Waals surface area contributed by atoms with Gasteiger partial charge in [-0.05, 0) is 43.4 Å². The quantitative estimate of drug-likeness (QED) is 0.221. The van der Waals surface area contributed by atoms with E-state index < -0.39 is 0 Å². The molecule has 5 nitrogen and oxygen atoms in total. The summed E-state index contributed by atoms with van der Waals surface area (Å²) in [7, 11) is 1.83. The van der Waals surface area contributed by atoms with Gasteiger partial charge in [0.15, 0.2) is 5.96 Å². The van der Waals surface area contributed by atoms with Crippen LogP contribution in [0.5, 0.6) is 0 Å². The van der Waals surface area contributed by atoms with Crippen LogP contribution in [0.4, 0.5) is 0 Å². The largest absolute Gasteiger partial charge is 0.381 e. The Morgan fingerprint density at radius 2 is 1.72 bits per heavy atom. The first-order valence-corrected chi connectivity index (χ1v) is 9.61. The van der Waals surface area contributed by atoms with Crippen LogP contribution in [0.1, 0.15) is 59.3 Å². The summed E-state index contributed by atoms with van der Waals surface area (Å²) in [6, 6.07) is 0. The van der Waals surface area contributed by atoms with E-state index >= 15 is 0 Å². The number of nitrogens with zero attached hydrogens (tertiary/aromatic N) is 1. The molecular weight excluding hydrogens is 429 g/mol. The average molecular weight is 469 g/mol. The zero-order chi connectivity index (χ0) is 17.7. The standard InChI is InChI=1S/C19H39N3O2.HI/c1-19(2,3)10-5-6-11-21-18(20-4)22-12-7-13-24-16-17-8-14-23-15-9-17;/h17H,5-16H2,1-4H3,(H2,20,21,22);1H. The highest BCUT2D eigenvalue weighted by molar-refractivity contribution is 14.0. The van der Waals surface area contributed by atoms with Crippen LogP contribution in [-0.2, 0) is 9.47 Å². The lowest BCUT2D eigenvalue weighted by Gasteiger charge is -2.21. The van der Waals surface area contributed by atoms with Crippen LogP contribution < -0.4 is 10.6 Å². The predicted molar refractivity (Wildman–Crippen MR) is 117 cm³/mol. The molecule has 0 radical (unpaired) electrons. The molecule has 150 valence electrons. The Labute approximate surface area is 172 Å². The van der Waals surface area contributed by atoms with Crippen LogP contribution in [0, 0.1) is 11.3 Å². The van der Waals surface area contributed by atoms with E-state index in [0.717, 1.165) is 64.7 Å². The minimum Gasteiger partial charge on any atom is -0.381 e. The van der Waals surface area contributed by atoms with Crippen molar-refractivity contribution in [3.05, 3.63) is 0 Å². The molecule has 0 aromatic carbocycles. The molecule has 1 rings (SSSR count). The van der Waals surface area contributed by atoms with Gasteiger partial charge in [-0.15, -0.1) is 24.0 Å². The molecule has 0 saturated carbocycles. The molecule has 0 spiro atoms. The predicted octanol–water partition coefficient (Wildman–Crippen LogP) is 3.82. The third-order valence-electron chi connectivity index (χ3n) is 4.32. The van der Waals surface area contributed by atoms with Crippen molar-refractivity contribution in [2.45, 2.75) is 59.3 Å². The van der Waals surface area contributed by atoms with Crippen molar-refractivity contribution in [1.29, 1.82) is 0 Å². The number of rotatable bonds is 10. The van der Waals surface area contributed by atoms with Gasteiger partial charge < -0.3 is 20.1 Å². The number of aliphatic imine (C=N–C) groups is 1. The Kier molecular flexibility index (Phi) is 15.0. The molecule has 1 aliphatic heterocycles. The fraction of sp³-hybridized carbons (Fsp3) is 0.947. The maximum Gasteiger partial charge on any atom is 0.190 e. The molecule has 1 aliphatic rings. The van der Waals surface area contributed by atoms with Crippen LogP contribution in [0.3, 0.4) is 0 Å². The number of hydrogen-bond acceptors (Lipinski definition) is 3. The monoisotopic (exact) mass is 469 g/mol. The van der Waals surface area contributed by atoms with E-state index in [0.29, 0.717) is 11.3 Å². The molecule has 0 bridgehead atoms. The normalized spacial score (nSPS) is 16.4. The molecule has 0 unspecified atom stereocenters. The summed E-state index contributed by atoms with van der Waals surface area (Å²) in [5, 5.41) is 6.74.